The van der Waals surface area contributed by atoms with Crippen LogP contribution in [0.15, 0.2) is 29.4 Å². The van der Waals surface area contributed by atoms with Crippen LogP contribution in [0.4, 0.5) is 0 Å². The van der Waals surface area contributed by atoms with E-state index in [1.54, 1.807) is 6.92 Å². The molecule has 1 aliphatic rings. The van der Waals surface area contributed by atoms with Gasteiger partial charge in [-0.2, -0.15) is 0 Å². The minimum absolute atomic E-state index is 0.0934. The molecule has 1 aliphatic carbocycles. The highest BCUT2D eigenvalue weighted by Gasteiger charge is 2.31. The molecule has 2 rings (SSSR count). The topological polar surface area (TPSA) is 58.0 Å². The number of nitrogens with zero attached hydrogens (tertiary/aromatic N) is 3. The molecular weight excluding hydrogens is 214 g/mol. The predicted molar refractivity (Wildman–Crippen MR) is 65.2 cm³/mol. The second-order valence-corrected chi connectivity index (χ2v) is 3.83. The zero-order valence-corrected chi connectivity index (χ0v) is 9.63. The van der Waals surface area contributed by atoms with Crippen molar-refractivity contribution in [2.75, 3.05) is 6.61 Å². The summed E-state index contributed by atoms with van der Waals surface area (Å²) in [7, 11) is 0. The molecule has 86 valence electrons. The summed E-state index contributed by atoms with van der Waals surface area (Å²) in [5.41, 5.74) is 10.9. The van der Waals surface area contributed by atoms with Gasteiger partial charge in [0.25, 0.3) is 0 Å². The van der Waals surface area contributed by atoms with E-state index in [0.29, 0.717) is 6.61 Å². The average molecular weight is 227 g/mol. The van der Waals surface area contributed by atoms with Crippen LogP contribution in [-0.2, 0) is 11.2 Å². The molecule has 4 nitrogen and oxygen atoms in total. The van der Waals surface area contributed by atoms with E-state index in [1.807, 2.05) is 24.3 Å². The summed E-state index contributed by atoms with van der Waals surface area (Å²) in [6, 6.07) is 7.75. The highest BCUT2D eigenvalue weighted by Crippen LogP contribution is 2.36. The number of hydrogen-bond donors (Lipinski definition) is 0. The first kappa shape index (κ1) is 11.5. The molecule has 0 aromatic heterocycles. The van der Waals surface area contributed by atoms with Crippen LogP contribution < -0.4 is 0 Å². The molecule has 0 fully saturated rings. The van der Waals surface area contributed by atoms with Crippen LogP contribution in [0, 0.1) is 11.8 Å². The molecular formula is C13H13N3O. The van der Waals surface area contributed by atoms with E-state index in [9.17, 15) is 0 Å². The monoisotopic (exact) mass is 227 g/mol. The molecule has 0 unspecified atom stereocenters. The largest absolute Gasteiger partial charge is 0.364 e. The number of ether oxygens (including phenoxy) is 1. The normalized spacial score (nSPS) is 21.0. The summed E-state index contributed by atoms with van der Waals surface area (Å²) in [4.78, 5) is 2.90. The van der Waals surface area contributed by atoms with Gasteiger partial charge in [0.1, 0.15) is 6.61 Å². The van der Waals surface area contributed by atoms with E-state index in [4.69, 9.17) is 10.3 Å². The number of hydrogen-bond acceptors (Lipinski definition) is 2. The second kappa shape index (κ2) is 5.40. The minimum Gasteiger partial charge on any atom is -0.364 e. The molecule has 0 heterocycles. The van der Waals surface area contributed by atoms with Gasteiger partial charge < -0.3 is 4.74 Å². The van der Waals surface area contributed by atoms with Crippen molar-refractivity contribution in [3.05, 3.63) is 45.8 Å². The van der Waals surface area contributed by atoms with Gasteiger partial charge in [0.05, 0.1) is 12.1 Å². The van der Waals surface area contributed by atoms with E-state index in [0.717, 1.165) is 12.0 Å². The Morgan fingerprint density at radius 1 is 1.53 bits per heavy atom. The van der Waals surface area contributed by atoms with Gasteiger partial charge in [-0.15, -0.1) is 5.92 Å². The van der Waals surface area contributed by atoms with Gasteiger partial charge >= 0.3 is 0 Å². The fraction of sp³-hybridized carbons (Fsp3) is 0.385. The first-order valence-corrected chi connectivity index (χ1v) is 5.50. The molecule has 17 heavy (non-hydrogen) atoms. The lowest BCUT2D eigenvalue weighted by atomic mass is 10.1. The van der Waals surface area contributed by atoms with Crippen LogP contribution in [0.25, 0.3) is 10.4 Å². The van der Waals surface area contributed by atoms with Gasteiger partial charge in [-0.1, -0.05) is 35.3 Å². The van der Waals surface area contributed by atoms with E-state index >= 15 is 0 Å². The Bertz CT molecular complexity index is 509. The molecule has 0 N–H and O–H groups in total. The van der Waals surface area contributed by atoms with Gasteiger partial charge in [0.2, 0.25) is 0 Å². The van der Waals surface area contributed by atoms with Gasteiger partial charge in [-0.05, 0) is 30.0 Å². The molecule has 4 heteroatoms. The summed E-state index contributed by atoms with van der Waals surface area (Å²) in [5.74, 6) is 5.64. The summed E-state index contributed by atoms with van der Waals surface area (Å²) >= 11 is 0. The zero-order chi connectivity index (χ0) is 12.1. The minimum atomic E-state index is -0.227. The number of benzene rings is 1. The van der Waals surface area contributed by atoms with Gasteiger partial charge in [-0.3, -0.25) is 0 Å². The predicted octanol–water partition coefficient (Wildman–Crippen LogP) is 3.00. The lowest BCUT2D eigenvalue weighted by Gasteiger charge is -2.14. The van der Waals surface area contributed by atoms with Crippen LogP contribution in [-0.4, -0.2) is 12.7 Å². The van der Waals surface area contributed by atoms with E-state index in [2.05, 4.69) is 21.9 Å². The maximum atomic E-state index is 8.62. The van der Waals surface area contributed by atoms with Crippen molar-refractivity contribution in [2.45, 2.75) is 25.5 Å². The quantitative estimate of drug-likeness (QED) is 0.339. The van der Waals surface area contributed by atoms with Crippen molar-refractivity contribution in [3.8, 4) is 11.8 Å². The zero-order valence-electron chi connectivity index (χ0n) is 9.63. The van der Waals surface area contributed by atoms with E-state index < -0.39 is 0 Å². The third-order valence-corrected chi connectivity index (χ3v) is 2.87. The first-order valence-electron chi connectivity index (χ1n) is 5.50. The van der Waals surface area contributed by atoms with Crippen LogP contribution in [0.1, 0.15) is 24.1 Å². The molecule has 1 aromatic rings. The molecule has 0 saturated heterocycles. The molecule has 1 aromatic carbocycles. The molecule has 0 saturated carbocycles. The van der Waals surface area contributed by atoms with Crippen molar-refractivity contribution >= 4 is 0 Å². The Balaban J connectivity index is 2.19. The standard InChI is InChI=1S/C13H13N3O/c1-2-3-8-17-12-9-10-6-4-5-7-11(10)13(12)15-16-14/h4-7,12-13H,8-9H2,1H3/t12-,13-/m1/s1. The fourth-order valence-corrected chi connectivity index (χ4v) is 2.10. The van der Waals surface area contributed by atoms with Gasteiger partial charge in [0, 0.05) is 4.91 Å². The van der Waals surface area contributed by atoms with Crippen molar-refractivity contribution in [3.63, 3.8) is 0 Å². The Morgan fingerprint density at radius 3 is 3.12 bits per heavy atom. The van der Waals surface area contributed by atoms with Crippen molar-refractivity contribution in [1.82, 2.24) is 0 Å². The molecule has 0 spiro atoms. The number of fused-ring (bicyclic) bond motifs is 1. The SMILES string of the molecule is CC#CCO[C@@H]1Cc2ccccc2[C@H]1N=[N+]=[N-]. The van der Waals surface area contributed by atoms with Crippen LogP contribution in [0.3, 0.4) is 0 Å². The van der Waals surface area contributed by atoms with E-state index in [1.165, 1.54) is 5.56 Å². The molecule has 0 radical (unpaired) electrons. The Kier molecular flexibility index (Phi) is 3.66. The lowest BCUT2D eigenvalue weighted by molar-refractivity contribution is 0.0672. The Hall–Kier alpha value is -1.95. The summed E-state index contributed by atoms with van der Waals surface area (Å²) in [6.07, 6.45) is 0.690. The first-order chi connectivity index (χ1) is 8.36. The molecule has 0 bridgehead atoms. The van der Waals surface area contributed by atoms with Crippen molar-refractivity contribution < 1.29 is 4.74 Å². The summed E-state index contributed by atoms with van der Waals surface area (Å²) < 4.78 is 5.65. The van der Waals surface area contributed by atoms with Gasteiger partial charge in [-0.25, -0.2) is 0 Å². The highest BCUT2D eigenvalue weighted by molar-refractivity contribution is 5.36. The third-order valence-electron chi connectivity index (χ3n) is 2.87. The van der Waals surface area contributed by atoms with Crippen molar-refractivity contribution in [1.29, 1.82) is 0 Å². The summed E-state index contributed by atoms with van der Waals surface area (Å²) in [5, 5.41) is 3.83. The number of rotatable bonds is 3. The maximum absolute atomic E-state index is 8.62. The fourth-order valence-electron chi connectivity index (χ4n) is 2.10. The maximum Gasteiger partial charge on any atom is 0.108 e. The second-order valence-electron chi connectivity index (χ2n) is 3.83. The summed E-state index contributed by atoms with van der Waals surface area (Å²) in [6.45, 7) is 2.16. The van der Waals surface area contributed by atoms with Gasteiger partial charge in [0.15, 0.2) is 0 Å². The number of azide groups is 1. The Labute approximate surface area is 100 Å². The Morgan fingerprint density at radius 2 is 2.35 bits per heavy atom. The lowest BCUT2D eigenvalue weighted by Crippen LogP contribution is -2.17. The van der Waals surface area contributed by atoms with Crippen molar-refractivity contribution in [2.24, 2.45) is 5.11 Å². The smallest absolute Gasteiger partial charge is 0.108 e. The highest BCUT2D eigenvalue weighted by atomic mass is 16.5. The van der Waals surface area contributed by atoms with Crippen LogP contribution in [0.2, 0.25) is 0 Å². The average Bonchev–Trinajstić information content (AvgIpc) is 2.69. The molecule has 0 amide bonds. The van der Waals surface area contributed by atoms with Crippen LogP contribution in [0.5, 0.6) is 0 Å². The van der Waals surface area contributed by atoms with Crippen LogP contribution >= 0.6 is 0 Å². The molecule has 2 atom stereocenters. The third kappa shape index (κ3) is 2.42. The molecule has 0 aliphatic heterocycles. The van der Waals surface area contributed by atoms with E-state index in [-0.39, 0.29) is 12.1 Å².